The molecule has 0 aliphatic rings. The molecule has 1 rings (SSSR count). The molecule has 3 heteroatoms. The van der Waals surface area contributed by atoms with E-state index in [4.69, 9.17) is 6.42 Å². The Bertz CT molecular complexity index is 440. The Morgan fingerprint density at radius 2 is 1.55 bits per heavy atom. The summed E-state index contributed by atoms with van der Waals surface area (Å²) in [7, 11) is 0. The van der Waals surface area contributed by atoms with Crippen LogP contribution in [0.15, 0.2) is 30.3 Å². The highest BCUT2D eigenvalue weighted by Gasteiger charge is 2.35. The van der Waals surface area contributed by atoms with E-state index in [1.807, 2.05) is 0 Å². The SMILES string of the molecule is C#CC(I)[N+](CCc1ccccc1)(CC(C)C)CC(C)C.[Cl-]. The maximum absolute atomic E-state index is 5.81. The van der Waals surface area contributed by atoms with Crippen LogP contribution in [-0.4, -0.2) is 28.2 Å². The Morgan fingerprint density at radius 1 is 1.05 bits per heavy atom. The highest BCUT2D eigenvalue weighted by molar-refractivity contribution is 14.1. The molecule has 0 aliphatic carbocycles. The van der Waals surface area contributed by atoms with Crippen molar-refractivity contribution in [3.63, 3.8) is 0 Å². The molecule has 0 spiro atoms. The molecule has 0 saturated carbocycles. The molecule has 0 amide bonds. The topological polar surface area (TPSA) is 0 Å². The normalized spacial score (nSPS) is 12.8. The van der Waals surface area contributed by atoms with Crippen LogP contribution in [0.5, 0.6) is 0 Å². The molecule has 0 aliphatic heterocycles. The summed E-state index contributed by atoms with van der Waals surface area (Å²) in [6, 6.07) is 10.8. The number of terminal acetylenes is 1. The van der Waals surface area contributed by atoms with Crippen LogP contribution in [-0.2, 0) is 6.42 Å². The van der Waals surface area contributed by atoms with Crippen molar-refractivity contribution < 1.29 is 16.9 Å². The first-order valence-electron chi connectivity index (χ1n) is 7.89. The lowest BCUT2D eigenvalue weighted by molar-refractivity contribution is -0.932. The van der Waals surface area contributed by atoms with Gasteiger partial charge in [-0.3, -0.25) is 0 Å². The quantitative estimate of drug-likeness (QED) is 0.193. The number of rotatable bonds is 8. The van der Waals surface area contributed by atoms with Crippen LogP contribution in [0.25, 0.3) is 0 Å². The minimum atomic E-state index is 0. The van der Waals surface area contributed by atoms with Crippen LogP contribution in [0.2, 0.25) is 0 Å². The van der Waals surface area contributed by atoms with Crippen LogP contribution in [0.3, 0.4) is 0 Å². The molecule has 1 aromatic rings. The zero-order valence-electron chi connectivity index (χ0n) is 14.2. The summed E-state index contributed by atoms with van der Waals surface area (Å²) in [6.45, 7) is 12.6. The molecule has 1 nitrogen and oxygen atoms in total. The van der Waals surface area contributed by atoms with E-state index in [1.54, 1.807) is 0 Å². The lowest BCUT2D eigenvalue weighted by Gasteiger charge is -2.43. The van der Waals surface area contributed by atoms with E-state index in [9.17, 15) is 0 Å². The zero-order valence-corrected chi connectivity index (χ0v) is 17.1. The zero-order chi connectivity index (χ0) is 15.9. The molecule has 0 saturated heterocycles. The molecular weight excluding hydrogens is 405 g/mol. The molecule has 0 fully saturated rings. The van der Waals surface area contributed by atoms with Gasteiger partial charge in [0.15, 0.2) is 0 Å². The van der Waals surface area contributed by atoms with E-state index in [1.165, 1.54) is 5.56 Å². The number of hydrogen-bond acceptors (Lipinski definition) is 0. The van der Waals surface area contributed by atoms with Crippen LogP contribution in [0.1, 0.15) is 33.3 Å². The van der Waals surface area contributed by atoms with E-state index in [0.29, 0.717) is 11.8 Å². The number of alkyl halides is 1. The van der Waals surface area contributed by atoms with Gasteiger partial charge >= 0.3 is 0 Å². The number of halogens is 2. The molecule has 0 heterocycles. The number of quaternary nitrogens is 1. The van der Waals surface area contributed by atoms with Gasteiger partial charge in [0, 0.05) is 40.8 Å². The highest BCUT2D eigenvalue weighted by Crippen LogP contribution is 2.25. The Balaban J connectivity index is 0.00000441. The predicted molar refractivity (Wildman–Crippen MR) is 101 cm³/mol. The first-order chi connectivity index (χ1) is 9.89. The number of benzene rings is 1. The molecule has 1 unspecified atom stereocenters. The molecule has 0 radical (unpaired) electrons. The van der Waals surface area contributed by atoms with Gasteiger partial charge < -0.3 is 16.9 Å². The van der Waals surface area contributed by atoms with Crippen molar-refractivity contribution in [3.8, 4) is 12.3 Å². The molecular formula is C19H29ClIN. The van der Waals surface area contributed by atoms with Gasteiger partial charge in [-0.15, -0.1) is 6.42 Å². The third-order valence-corrected chi connectivity index (χ3v) is 5.31. The van der Waals surface area contributed by atoms with Gasteiger partial charge in [-0.05, 0) is 11.5 Å². The third-order valence-electron chi connectivity index (χ3n) is 3.76. The second-order valence-electron chi connectivity index (χ2n) is 6.83. The summed E-state index contributed by atoms with van der Waals surface area (Å²) in [5.74, 6) is 4.33. The average molecular weight is 434 g/mol. The van der Waals surface area contributed by atoms with Crippen molar-refractivity contribution in [1.82, 2.24) is 0 Å². The lowest BCUT2D eigenvalue weighted by atomic mass is 10.0. The Labute approximate surface area is 157 Å². The maximum Gasteiger partial charge on any atom is 0.200 e. The molecule has 1 aromatic carbocycles. The average Bonchev–Trinajstić information content (AvgIpc) is 2.43. The van der Waals surface area contributed by atoms with Crippen molar-refractivity contribution in [1.29, 1.82) is 0 Å². The smallest absolute Gasteiger partial charge is 0.200 e. The van der Waals surface area contributed by atoms with Crippen LogP contribution in [0, 0.1) is 24.2 Å². The maximum atomic E-state index is 5.81. The molecule has 0 aromatic heterocycles. The highest BCUT2D eigenvalue weighted by atomic mass is 127. The first kappa shape index (κ1) is 21.8. The summed E-state index contributed by atoms with van der Waals surface area (Å²) in [5, 5.41) is 0. The monoisotopic (exact) mass is 433 g/mol. The fraction of sp³-hybridized carbons (Fsp3) is 0.579. The lowest BCUT2D eigenvalue weighted by Crippen LogP contribution is -3.00. The second-order valence-corrected chi connectivity index (χ2v) is 8.01. The van der Waals surface area contributed by atoms with E-state index in [-0.39, 0.29) is 16.5 Å². The van der Waals surface area contributed by atoms with Crippen LogP contribution in [0.4, 0.5) is 0 Å². The van der Waals surface area contributed by atoms with Crippen molar-refractivity contribution in [2.45, 2.75) is 38.2 Å². The van der Waals surface area contributed by atoms with Crippen LogP contribution >= 0.6 is 22.6 Å². The largest absolute Gasteiger partial charge is 1.00 e. The minimum Gasteiger partial charge on any atom is -1.00 e. The summed E-state index contributed by atoms with van der Waals surface area (Å²) >= 11 is 2.47. The van der Waals surface area contributed by atoms with Crippen LogP contribution < -0.4 is 12.4 Å². The third kappa shape index (κ3) is 6.89. The summed E-state index contributed by atoms with van der Waals surface area (Å²) < 4.78 is 1.28. The van der Waals surface area contributed by atoms with Gasteiger partial charge in [0.1, 0.15) is 0 Å². The molecule has 1 atom stereocenters. The van der Waals surface area contributed by atoms with Crippen molar-refractivity contribution in [2.24, 2.45) is 11.8 Å². The Kier molecular flexibility index (Phi) is 10.4. The standard InChI is InChI=1S/C19H29IN.ClH/c1-6-19(20)21(14-16(2)3,15-17(4)5)13-12-18-10-8-7-9-11-18;/h1,7-11,16-17,19H,12-15H2,2-5H3;1H/q+1;/p-1. The fourth-order valence-corrected chi connectivity index (χ4v) is 3.90. The molecule has 0 bridgehead atoms. The number of hydrogen-bond donors (Lipinski definition) is 0. The molecule has 124 valence electrons. The van der Waals surface area contributed by atoms with Gasteiger partial charge in [0.05, 0.1) is 19.6 Å². The van der Waals surface area contributed by atoms with E-state index in [2.05, 4.69) is 86.5 Å². The van der Waals surface area contributed by atoms with E-state index < -0.39 is 0 Å². The Hall–Kier alpha value is -0.240. The van der Waals surface area contributed by atoms with E-state index >= 15 is 0 Å². The van der Waals surface area contributed by atoms with E-state index in [0.717, 1.165) is 30.5 Å². The first-order valence-corrected chi connectivity index (χ1v) is 9.14. The second kappa shape index (κ2) is 10.5. The van der Waals surface area contributed by atoms with Gasteiger partial charge in [0.2, 0.25) is 4.05 Å². The van der Waals surface area contributed by atoms with Gasteiger partial charge in [-0.2, -0.15) is 0 Å². The van der Waals surface area contributed by atoms with Gasteiger partial charge in [-0.25, -0.2) is 0 Å². The number of nitrogens with zero attached hydrogens (tertiary/aromatic N) is 1. The minimum absolute atomic E-state index is 0. The van der Waals surface area contributed by atoms with Gasteiger partial charge in [0.25, 0.3) is 0 Å². The van der Waals surface area contributed by atoms with Crippen molar-refractivity contribution in [2.75, 3.05) is 19.6 Å². The van der Waals surface area contributed by atoms with Crippen molar-refractivity contribution >= 4 is 22.6 Å². The van der Waals surface area contributed by atoms with Gasteiger partial charge in [-0.1, -0.05) is 58.0 Å². The Morgan fingerprint density at radius 3 is 1.95 bits per heavy atom. The summed E-state index contributed by atoms with van der Waals surface area (Å²) in [4.78, 5) is 0. The van der Waals surface area contributed by atoms with Crippen molar-refractivity contribution in [3.05, 3.63) is 35.9 Å². The fourth-order valence-electron chi connectivity index (χ4n) is 3.16. The summed E-state index contributed by atoms with van der Waals surface area (Å²) in [6.07, 6.45) is 6.90. The predicted octanol–water partition coefficient (Wildman–Crippen LogP) is 1.76. The molecule has 22 heavy (non-hydrogen) atoms. The molecule has 0 N–H and O–H groups in total. The summed E-state index contributed by atoms with van der Waals surface area (Å²) in [5.41, 5.74) is 1.41.